The maximum absolute atomic E-state index is 16.8. The number of allylic oxidation sites excluding steroid dienone is 1. The Bertz CT molecular complexity index is 2010. The molecule has 3 amide bonds. The fourth-order valence-electron chi connectivity index (χ4n) is 8.49. The van der Waals surface area contributed by atoms with Crippen molar-refractivity contribution in [3.05, 3.63) is 47.2 Å². The fraction of sp³-hybridized carbons (Fsp3) is 0.650. The molecule has 1 spiro atoms. The number of aryl methyl sites for hydroxylation is 2. The molecule has 15 heteroatoms. The van der Waals surface area contributed by atoms with Crippen molar-refractivity contribution in [3.8, 4) is 5.75 Å². The van der Waals surface area contributed by atoms with E-state index in [1.807, 2.05) is 37.3 Å². The van der Waals surface area contributed by atoms with E-state index in [4.69, 9.17) is 14.5 Å². The average Bonchev–Trinajstić information content (AvgIpc) is 4.01. The largest absolute Gasteiger partial charge is 0.483 e. The van der Waals surface area contributed by atoms with Crippen molar-refractivity contribution in [2.75, 3.05) is 6.54 Å². The molecule has 4 N–H and O–H groups in total. The summed E-state index contributed by atoms with van der Waals surface area (Å²) in [5.74, 6) is -2.18. The lowest BCUT2D eigenvalue weighted by Gasteiger charge is -2.38. The van der Waals surface area contributed by atoms with Crippen molar-refractivity contribution in [1.29, 1.82) is 0 Å². The molecule has 13 nitrogen and oxygen atoms in total. The number of nitrogens with zero attached hydrogens (tertiary/aromatic N) is 2. The number of benzene rings is 1. The fourth-order valence-corrected chi connectivity index (χ4v) is 9.80. The Morgan fingerprint density at radius 1 is 1.18 bits per heavy atom. The van der Waals surface area contributed by atoms with E-state index in [1.165, 1.54) is 4.90 Å². The second-order valence-corrected chi connectivity index (χ2v) is 19.0. The number of rotatable bonds is 8. The van der Waals surface area contributed by atoms with Crippen LogP contribution in [0.1, 0.15) is 115 Å². The third-order valence-corrected chi connectivity index (χ3v) is 14.3. The van der Waals surface area contributed by atoms with Crippen LogP contribution in [0.2, 0.25) is 0 Å². The molecule has 7 atom stereocenters. The lowest BCUT2D eigenvalue weighted by Crippen LogP contribution is -2.59. The number of alkyl halides is 1. The first-order valence-corrected chi connectivity index (χ1v) is 21.2. The number of sulfonamides is 1. The van der Waals surface area contributed by atoms with Gasteiger partial charge in [0.15, 0.2) is 0 Å². The van der Waals surface area contributed by atoms with Crippen molar-refractivity contribution in [2.45, 2.75) is 152 Å². The predicted molar refractivity (Wildman–Crippen MR) is 203 cm³/mol. The van der Waals surface area contributed by atoms with Gasteiger partial charge in [-0.15, -0.1) is 0 Å². The molecule has 2 saturated carbocycles. The zero-order valence-corrected chi connectivity index (χ0v) is 33.1. The summed E-state index contributed by atoms with van der Waals surface area (Å²) in [7, 11) is -4.02. The van der Waals surface area contributed by atoms with Gasteiger partial charge in [0.2, 0.25) is 28.3 Å². The van der Waals surface area contributed by atoms with Crippen LogP contribution < -0.4 is 20.1 Å². The highest BCUT2D eigenvalue weighted by atomic mass is 32.2. The van der Waals surface area contributed by atoms with Crippen molar-refractivity contribution in [2.24, 2.45) is 5.92 Å². The molecule has 3 aliphatic heterocycles. The molecule has 2 aliphatic carbocycles. The molecule has 55 heavy (non-hydrogen) atoms. The van der Waals surface area contributed by atoms with Crippen molar-refractivity contribution < 1.29 is 41.8 Å². The Morgan fingerprint density at radius 3 is 2.65 bits per heavy atom. The molecule has 0 radical (unpaired) electrons. The second-order valence-electron chi connectivity index (χ2n) is 16.8. The van der Waals surface area contributed by atoms with E-state index in [0.29, 0.717) is 54.3 Å². The minimum absolute atomic E-state index is 0.0940. The monoisotopic (exact) mass is 783 g/mol. The van der Waals surface area contributed by atoms with Crippen LogP contribution >= 0.6 is 0 Å². The molecule has 1 aromatic carbocycles. The quantitative estimate of drug-likeness (QED) is 0.223. The first kappa shape index (κ1) is 39.6. The van der Waals surface area contributed by atoms with Crippen LogP contribution in [-0.2, 0) is 35.6 Å². The Hall–Kier alpha value is -3.66. The first-order chi connectivity index (χ1) is 26.0. The molecule has 1 aromatic heterocycles. The van der Waals surface area contributed by atoms with Gasteiger partial charge in [-0.25, -0.2) is 17.8 Å². The first-order valence-electron chi connectivity index (χ1n) is 19.7. The molecule has 2 aromatic rings. The van der Waals surface area contributed by atoms with E-state index in [2.05, 4.69) is 15.4 Å². The van der Waals surface area contributed by atoms with Gasteiger partial charge in [0.1, 0.15) is 29.1 Å². The number of aromatic nitrogens is 1. The second kappa shape index (κ2) is 14.7. The summed E-state index contributed by atoms with van der Waals surface area (Å²) >= 11 is 0. The Balaban J connectivity index is 1.25. The number of carbonyl (C=O) groups excluding carboxylic acids is 3. The minimum Gasteiger partial charge on any atom is -0.483 e. The molecular formula is C40H54FN5O8S. The topological polar surface area (TPSA) is 176 Å². The van der Waals surface area contributed by atoms with Gasteiger partial charge in [-0.2, -0.15) is 0 Å². The van der Waals surface area contributed by atoms with E-state index in [9.17, 15) is 27.9 Å². The molecule has 3 unspecified atom stereocenters. The van der Waals surface area contributed by atoms with Crippen LogP contribution in [0.3, 0.4) is 0 Å². The number of ether oxygens (including phenoxy) is 2. The molecule has 5 aliphatic rings. The van der Waals surface area contributed by atoms with Gasteiger partial charge in [-0.05, 0) is 90.3 Å². The summed E-state index contributed by atoms with van der Waals surface area (Å²) in [4.78, 5) is 49.3. The third kappa shape index (κ3) is 7.61. The number of carbonyl (C=O) groups is 3. The number of amides is 3. The molecule has 300 valence electrons. The predicted octanol–water partition coefficient (Wildman–Crippen LogP) is 4.29. The SMILES string of the molecule is CCc1ccc2nc(C)c3c(c2c1)C(F)C[C@]1(C[C@H]2C(=O)N[C@]4(C(=O)NS(=O)(=O)C5(C)CC5)CC4/C=C\CCCCC[C@H](NC(O)OC(C)C)C(=O)N2C1)O3. The third-order valence-electron chi connectivity index (χ3n) is 12.2. The summed E-state index contributed by atoms with van der Waals surface area (Å²) in [5, 5.41) is 17.2. The van der Waals surface area contributed by atoms with Crippen LogP contribution in [-0.4, -0.2) is 88.2 Å². The zero-order chi connectivity index (χ0) is 39.5. The van der Waals surface area contributed by atoms with Crippen LogP contribution in [0.5, 0.6) is 5.75 Å². The van der Waals surface area contributed by atoms with Crippen molar-refractivity contribution in [1.82, 2.24) is 25.2 Å². The Kier molecular flexibility index (Phi) is 10.6. The van der Waals surface area contributed by atoms with Gasteiger partial charge in [-0.3, -0.25) is 24.4 Å². The van der Waals surface area contributed by atoms with Gasteiger partial charge >= 0.3 is 0 Å². The summed E-state index contributed by atoms with van der Waals surface area (Å²) in [6.07, 6.45) is 5.21. The molecule has 0 bridgehead atoms. The van der Waals surface area contributed by atoms with E-state index < -0.39 is 74.2 Å². The van der Waals surface area contributed by atoms with Gasteiger partial charge in [-0.1, -0.05) is 38.0 Å². The lowest BCUT2D eigenvalue weighted by molar-refractivity contribution is -0.160. The van der Waals surface area contributed by atoms with Crippen LogP contribution in [0.15, 0.2) is 30.4 Å². The number of hydrogen-bond acceptors (Lipinski definition) is 10. The minimum atomic E-state index is -4.02. The molecule has 3 fully saturated rings. The normalized spacial score (nSPS) is 31.7. The number of hydrogen-bond donors (Lipinski definition) is 4. The number of aliphatic hydroxyl groups is 1. The molecule has 4 heterocycles. The maximum Gasteiger partial charge on any atom is 0.259 e. The highest BCUT2D eigenvalue weighted by molar-refractivity contribution is 7.91. The summed E-state index contributed by atoms with van der Waals surface area (Å²) in [5.41, 5.74) is -0.349. The van der Waals surface area contributed by atoms with Crippen LogP contribution in [0, 0.1) is 12.8 Å². The van der Waals surface area contributed by atoms with E-state index in [0.717, 1.165) is 24.8 Å². The van der Waals surface area contributed by atoms with Gasteiger partial charge in [0.25, 0.3) is 5.91 Å². The number of fused-ring (bicyclic) bond motifs is 5. The van der Waals surface area contributed by atoms with Gasteiger partial charge in [0.05, 0.1) is 34.6 Å². The van der Waals surface area contributed by atoms with E-state index in [-0.39, 0.29) is 37.7 Å². The Morgan fingerprint density at radius 2 is 1.95 bits per heavy atom. The van der Waals surface area contributed by atoms with Gasteiger partial charge < -0.3 is 24.8 Å². The number of pyridine rings is 1. The maximum atomic E-state index is 16.8. The van der Waals surface area contributed by atoms with Crippen LogP contribution in [0.4, 0.5) is 4.39 Å². The molecular weight excluding hydrogens is 730 g/mol. The highest BCUT2D eigenvalue weighted by Gasteiger charge is 2.64. The van der Waals surface area contributed by atoms with E-state index in [1.54, 1.807) is 27.7 Å². The highest BCUT2D eigenvalue weighted by Crippen LogP contribution is 2.51. The number of halogens is 1. The smallest absolute Gasteiger partial charge is 0.259 e. The molecule has 1 saturated heterocycles. The van der Waals surface area contributed by atoms with Gasteiger partial charge in [0, 0.05) is 29.7 Å². The van der Waals surface area contributed by atoms with Crippen molar-refractivity contribution in [3.63, 3.8) is 0 Å². The standard InChI is InChI=1S/C40H54FN5O8S/c1-6-25-14-15-29-27(18-25)32-28(41)20-39(54-33(32)24(4)42-29)21-31-34(47)44-40(36(49)45-55(51,52)38(5)16-17-38)19-26(40)12-10-8-7-9-11-13-30(35(48)46(31)22-39)43-37(50)53-23(2)3/h10,12,14-15,18,23,26,28,30-31,37,43,50H,6-9,11,13,16-17,19-22H2,1-5H3,(H,44,47)(H,45,49)/b12-10-/t26?,28?,30-,31-,37?,39+,40+/m0/s1. The van der Waals surface area contributed by atoms with E-state index >= 15 is 4.39 Å². The number of nitrogens with one attached hydrogen (secondary N) is 3. The lowest BCUT2D eigenvalue weighted by atomic mass is 9.85. The summed E-state index contributed by atoms with van der Waals surface area (Å²) in [6.45, 7) is 8.71. The van der Waals surface area contributed by atoms with Crippen molar-refractivity contribution >= 4 is 38.6 Å². The average molecular weight is 784 g/mol. The zero-order valence-electron chi connectivity index (χ0n) is 32.3. The summed E-state index contributed by atoms with van der Waals surface area (Å²) in [6, 6.07) is 3.59. The molecule has 7 rings (SSSR count). The Labute approximate surface area is 322 Å². The van der Waals surface area contributed by atoms with Crippen LogP contribution in [0.25, 0.3) is 10.9 Å². The number of aliphatic hydroxyl groups excluding tert-OH is 1. The summed E-state index contributed by atoms with van der Waals surface area (Å²) < 4.78 is 56.7.